The lowest BCUT2D eigenvalue weighted by Crippen LogP contribution is -2.27. The predicted molar refractivity (Wildman–Crippen MR) is 51.1 cm³/mol. The van der Waals surface area contributed by atoms with Crippen LogP contribution in [-0.4, -0.2) is 22.4 Å². The molecule has 0 radical (unpaired) electrons. The first-order valence-corrected chi connectivity index (χ1v) is 5.01. The molecule has 0 fully saturated rings. The Balaban J connectivity index is 3.63. The van der Waals surface area contributed by atoms with Crippen molar-refractivity contribution in [3.63, 3.8) is 0 Å². The lowest BCUT2D eigenvalue weighted by molar-refractivity contribution is 0.0150. The minimum absolute atomic E-state index is 0.242. The molecule has 0 aliphatic rings. The van der Waals surface area contributed by atoms with Gasteiger partial charge in [0.2, 0.25) is 0 Å². The molecule has 0 aromatic carbocycles. The first-order valence-electron chi connectivity index (χ1n) is 5.01. The van der Waals surface area contributed by atoms with Crippen molar-refractivity contribution in [1.29, 1.82) is 0 Å². The summed E-state index contributed by atoms with van der Waals surface area (Å²) in [6.45, 7) is 4.35. The van der Waals surface area contributed by atoms with Crippen LogP contribution < -0.4 is 0 Å². The van der Waals surface area contributed by atoms with Gasteiger partial charge >= 0.3 is 0 Å². The molecular weight excluding hydrogens is 152 g/mol. The summed E-state index contributed by atoms with van der Waals surface area (Å²) < 4.78 is 0. The fourth-order valence-electron chi connectivity index (χ4n) is 1.51. The molecule has 1 atom stereocenters. The van der Waals surface area contributed by atoms with E-state index in [4.69, 9.17) is 5.11 Å². The third-order valence-electron chi connectivity index (χ3n) is 2.42. The summed E-state index contributed by atoms with van der Waals surface area (Å²) in [4.78, 5) is 0. The molecule has 2 heteroatoms. The van der Waals surface area contributed by atoms with E-state index in [2.05, 4.69) is 6.92 Å². The van der Waals surface area contributed by atoms with Gasteiger partial charge in [-0.3, -0.25) is 0 Å². The number of rotatable bonds is 7. The Hall–Kier alpha value is -0.0800. The normalized spacial score (nSPS) is 16.0. The summed E-state index contributed by atoms with van der Waals surface area (Å²) in [5.41, 5.74) is -0.468. The predicted octanol–water partition coefficient (Wildman–Crippen LogP) is 2.09. The van der Waals surface area contributed by atoms with E-state index in [9.17, 15) is 5.11 Å². The van der Waals surface area contributed by atoms with Crippen LogP contribution >= 0.6 is 0 Å². The van der Waals surface area contributed by atoms with Gasteiger partial charge in [-0.1, -0.05) is 20.3 Å². The van der Waals surface area contributed by atoms with E-state index in [1.807, 2.05) is 6.92 Å². The van der Waals surface area contributed by atoms with Gasteiger partial charge in [-0.25, -0.2) is 0 Å². The first kappa shape index (κ1) is 11.9. The standard InChI is InChI=1S/C10H22O2/c1-3-7-10(12,4-2)8-5-6-9-11/h11-12H,3-9H2,1-2H3. The van der Waals surface area contributed by atoms with Gasteiger partial charge in [0.1, 0.15) is 0 Å². The van der Waals surface area contributed by atoms with Gasteiger partial charge in [0.05, 0.1) is 5.60 Å². The number of hydrogen-bond acceptors (Lipinski definition) is 2. The summed E-state index contributed by atoms with van der Waals surface area (Å²) in [5.74, 6) is 0. The van der Waals surface area contributed by atoms with Crippen molar-refractivity contribution in [2.45, 2.75) is 58.0 Å². The molecule has 12 heavy (non-hydrogen) atoms. The zero-order valence-corrected chi connectivity index (χ0v) is 8.34. The zero-order chi connectivity index (χ0) is 9.45. The molecule has 0 spiro atoms. The fraction of sp³-hybridized carbons (Fsp3) is 1.00. The monoisotopic (exact) mass is 174 g/mol. The first-order chi connectivity index (χ1) is 5.68. The van der Waals surface area contributed by atoms with Gasteiger partial charge in [-0.15, -0.1) is 0 Å². The Kier molecular flexibility index (Phi) is 6.39. The van der Waals surface area contributed by atoms with Crippen LogP contribution in [0.5, 0.6) is 0 Å². The van der Waals surface area contributed by atoms with Crippen molar-refractivity contribution in [2.75, 3.05) is 6.61 Å². The van der Waals surface area contributed by atoms with Crippen LogP contribution in [0.15, 0.2) is 0 Å². The molecule has 0 saturated carbocycles. The zero-order valence-electron chi connectivity index (χ0n) is 8.34. The van der Waals surface area contributed by atoms with Crippen LogP contribution in [0.3, 0.4) is 0 Å². The third kappa shape index (κ3) is 4.73. The molecule has 2 nitrogen and oxygen atoms in total. The maximum absolute atomic E-state index is 9.96. The van der Waals surface area contributed by atoms with Gasteiger partial charge in [-0.05, 0) is 32.1 Å². The number of hydrogen-bond donors (Lipinski definition) is 2. The average molecular weight is 174 g/mol. The second kappa shape index (κ2) is 6.44. The summed E-state index contributed by atoms with van der Waals surface area (Å²) in [6, 6.07) is 0. The van der Waals surface area contributed by atoms with E-state index >= 15 is 0 Å². The molecule has 2 N–H and O–H groups in total. The topological polar surface area (TPSA) is 40.5 Å². The van der Waals surface area contributed by atoms with Gasteiger partial charge in [0.15, 0.2) is 0 Å². The second-order valence-corrected chi connectivity index (χ2v) is 3.51. The Bertz CT molecular complexity index is 104. The van der Waals surface area contributed by atoms with E-state index in [0.717, 1.165) is 38.5 Å². The van der Waals surface area contributed by atoms with Crippen molar-refractivity contribution in [3.8, 4) is 0 Å². The number of aliphatic hydroxyl groups excluding tert-OH is 1. The molecule has 0 aliphatic heterocycles. The summed E-state index contributed by atoms with van der Waals surface area (Å²) in [5, 5.41) is 18.5. The molecule has 0 aromatic rings. The van der Waals surface area contributed by atoms with Crippen LogP contribution in [0.25, 0.3) is 0 Å². The summed E-state index contributed by atoms with van der Waals surface area (Å²) in [7, 11) is 0. The van der Waals surface area contributed by atoms with Gasteiger partial charge in [0, 0.05) is 6.61 Å². The number of unbranched alkanes of at least 4 members (excludes halogenated alkanes) is 1. The van der Waals surface area contributed by atoms with Crippen LogP contribution in [0, 0.1) is 0 Å². The Morgan fingerprint density at radius 3 is 2.17 bits per heavy atom. The van der Waals surface area contributed by atoms with E-state index in [1.165, 1.54) is 0 Å². The third-order valence-corrected chi connectivity index (χ3v) is 2.42. The Morgan fingerprint density at radius 2 is 1.75 bits per heavy atom. The highest BCUT2D eigenvalue weighted by Gasteiger charge is 2.22. The Labute approximate surface area is 75.6 Å². The highest BCUT2D eigenvalue weighted by atomic mass is 16.3. The van der Waals surface area contributed by atoms with E-state index < -0.39 is 5.60 Å². The van der Waals surface area contributed by atoms with Crippen molar-refractivity contribution < 1.29 is 10.2 Å². The molecule has 0 amide bonds. The van der Waals surface area contributed by atoms with Crippen LogP contribution in [0.4, 0.5) is 0 Å². The maximum atomic E-state index is 9.96. The van der Waals surface area contributed by atoms with Crippen molar-refractivity contribution in [1.82, 2.24) is 0 Å². The highest BCUT2D eigenvalue weighted by molar-refractivity contribution is 4.75. The van der Waals surface area contributed by atoms with E-state index in [1.54, 1.807) is 0 Å². The maximum Gasteiger partial charge on any atom is 0.0645 e. The van der Waals surface area contributed by atoms with Crippen molar-refractivity contribution in [2.24, 2.45) is 0 Å². The molecule has 0 bridgehead atoms. The molecule has 0 heterocycles. The summed E-state index contributed by atoms with van der Waals surface area (Å²) >= 11 is 0. The van der Waals surface area contributed by atoms with Crippen LogP contribution in [-0.2, 0) is 0 Å². The SMILES string of the molecule is CCCC(O)(CC)CCCCO. The molecular formula is C10H22O2. The summed E-state index contributed by atoms with van der Waals surface area (Å²) in [6.07, 6.45) is 5.31. The minimum atomic E-state index is -0.468. The molecule has 0 aliphatic carbocycles. The molecule has 1 unspecified atom stereocenters. The highest BCUT2D eigenvalue weighted by Crippen LogP contribution is 2.23. The molecule has 0 saturated heterocycles. The Morgan fingerprint density at radius 1 is 1.08 bits per heavy atom. The van der Waals surface area contributed by atoms with E-state index in [0.29, 0.717) is 0 Å². The smallest absolute Gasteiger partial charge is 0.0645 e. The van der Waals surface area contributed by atoms with Crippen LogP contribution in [0.1, 0.15) is 52.4 Å². The largest absolute Gasteiger partial charge is 0.396 e. The molecule has 0 aromatic heterocycles. The number of aliphatic hydroxyl groups is 2. The van der Waals surface area contributed by atoms with Gasteiger partial charge in [-0.2, -0.15) is 0 Å². The van der Waals surface area contributed by atoms with E-state index in [-0.39, 0.29) is 6.61 Å². The van der Waals surface area contributed by atoms with Crippen LogP contribution in [0.2, 0.25) is 0 Å². The fourth-order valence-corrected chi connectivity index (χ4v) is 1.51. The lowest BCUT2D eigenvalue weighted by atomic mass is 9.89. The molecule has 0 rings (SSSR count). The van der Waals surface area contributed by atoms with Crippen molar-refractivity contribution >= 4 is 0 Å². The van der Waals surface area contributed by atoms with Gasteiger partial charge in [0.25, 0.3) is 0 Å². The van der Waals surface area contributed by atoms with Crippen molar-refractivity contribution in [3.05, 3.63) is 0 Å². The molecule has 74 valence electrons. The quantitative estimate of drug-likeness (QED) is 0.580. The second-order valence-electron chi connectivity index (χ2n) is 3.51. The lowest BCUT2D eigenvalue weighted by Gasteiger charge is -2.26. The minimum Gasteiger partial charge on any atom is -0.396 e. The average Bonchev–Trinajstić information content (AvgIpc) is 2.06. The van der Waals surface area contributed by atoms with Gasteiger partial charge < -0.3 is 10.2 Å².